The fourth-order valence-electron chi connectivity index (χ4n) is 3.21. The first kappa shape index (κ1) is 20.1. The van der Waals surface area contributed by atoms with Gasteiger partial charge < -0.3 is 9.47 Å². The van der Waals surface area contributed by atoms with Crippen LogP contribution < -0.4 is 19.7 Å². The number of ether oxygens (including phenoxy) is 2. The molecule has 1 fully saturated rings. The van der Waals surface area contributed by atoms with Gasteiger partial charge in [-0.15, -0.1) is 0 Å². The Balaban J connectivity index is 2.09. The number of para-hydroxylation sites is 1. The van der Waals surface area contributed by atoms with Crippen LogP contribution in [0.3, 0.4) is 0 Å². The zero-order chi connectivity index (χ0) is 21.1. The van der Waals surface area contributed by atoms with Gasteiger partial charge in [-0.1, -0.05) is 25.1 Å². The van der Waals surface area contributed by atoms with Crippen LogP contribution in [0.2, 0.25) is 0 Å². The van der Waals surface area contributed by atoms with Gasteiger partial charge in [0, 0.05) is 0 Å². The molecule has 0 aliphatic carbocycles. The van der Waals surface area contributed by atoms with Crippen molar-refractivity contribution in [3.63, 3.8) is 0 Å². The van der Waals surface area contributed by atoms with E-state index in [-0.39, 0.29) is 5.57 Å². The molecule has 0 aromatic heterocycles. The molecule has 2 aromatic carbocycles. The molecule has 1 saturated heterocycles. The lowest BCUT2D eigenvalue weighted by molar-refractivity contribution is -0.122. The fourth-order valence-corrected chi connectivity index (χ4v) is 3.21. The molecule has 150 valence electrons. The van der Waals surface area contributed by atoms with Gasteiger partial charge in [-0.25, -0.2) is 9.69 Å². The van der Waals surface area contributed by atoms with Crippen molar-refractivity contribution in [3.05, 3.63) is 58.7 Å². The number of barbiturate groups is 1. The second-order valence-electron chi connectivity index (χ2n) is 6.50. The minimum atomic E-state index is -0.762. The summed E-state index contributed by atoms with van der Waals surface area (Å²) in [5.74, 6) is -0.397. The van der Waals surface area contributed by atoms with Gasteiger partial charge in [0.05, 0.1) is 19.9 Å². The average Bonchev–Trinajstić information content (AvgIpc) is 2.71. The quantitative estimate of drug-likeness (QED) is 0.622. The monoisotopic (exact) mass is 394 g/mol. The van der Waals surface area contributed by atoms with E-state index in [1.807, 2.05) is 26.0 Å². The number of nitrogens with zero attached hydrogens (tertiary/aromatic N) is 1. The Morgan fingerprint density at radius 2 is 1.69 bits per heavy atom. The second kappa shape index (κ2) is 8.18. The van der Waals surface area contributed by atoms with Crippen LogP contribution in [0.1, 0.15) is 23.6 Å². The maximum absolute atomic E-state index is 13.1. The Kier molecular flexibility index (Phi) is 5.68. The van der Waals surface area contributed by atoms with E-state index >= 15 is 0 Å². The van der Waals surface area contributed by atoms with E-state index in [0.29, 0.717) is 29.2 Å². The fraction of sp³-hybridized carbons (Fsp3) is 0.227. The van der Waals surface area contributed by atoms with Gasteiger partial charge >= 0.3 is 6.03 Å². The lowest BCUT2D eigenvalue weighted by atomic mass is 10.0. The third kappa shape index (κ3) is 3.71. The molecule has 7 heteroatoms. The number of anilines is 1. The highest BCUT2D eigenvalue weighted by Gasteiger charge is 2.37. The van der Waals surface area contributed by atoms with Crippen molar-refractivity contribution < 1.29 is 23.9 Å². The van der Waals surface area contributed by atoms with Crippen LogP contribution in [0.5, 0.6) is 11.5 Å². The smallest absolute Gasteiger partial charge is 0.335 e. The summed E-state index contributed by atoms with van der Waals surface area (Å²) in [5.41, 5.74) is 2.55. The normalized spacial score (nSPS) is 15.5. The number of methoxy groups -OCH3 is 2. The minimum Gasteiger partial charge on any atom is -0.493 e. The van der Waals surface area contributed by atoms with Crippen LogP contribution in [0.15, 0.2) is 42.0 Å². The Labute approximate surface area is 168 Å². The Bertz CT molecular complexity index is 1030. The van der Waals surface area contributed by atoms with E-state index in [1.54, 1.807) is 24.3 Å². The molecular formula is C22H22N2O5. The molecular weight excluding hydrogens is 372 g/mol. The molecule has 1 aliphatic rings. The number of imide groups is 2. The number of rotatable bonds is 5. The number of hydrogen-bond donors (Lipinski definition) is 1. The first-order valence-corrected chi connectivity index (χ1v) is 9.13. The van der Waals surface area contributed by atoms with Crippen molar-refractivity contribution >= 4 is 29.6 Å². The largest absolute Gasteiger partial charge is 0.493 e. The highest BCUT2D eigenvalue weighted by molar-refractivity contribution is 6.39. The van der Waals surface area contributed by atoms with Gasteiger partial charge in [0.25, 0.3) is 11.8 Å². The Hall–Kier alpha value is -3.61. The zero-order valence-corrected chi connectivity index (χ0v) is 16.7. The Morgan fingerprint density at radius 1 is 1.03 bits per heavy atom. The summed E-state index contributed by atoms with van der Waals surface area (Å²) in [6, 6.07) is 9.78. The summed E-state index contributed by atoms with van der Waals surface area (Å²) in [6.07, 6.45) is 2.10. The number of benzene rings is 2. The van der Waals surface area contributed by atoms with E-state index in [9.17, 15) is 14.4 Å². The van der Waals surface area contributed by atoms with Crippen LogP contribution in [0, 0.1) is 6.92 Å². The highest BCUT2D eigenvalue weighted by Crippen LogP contribution is 2.32. The average molecular weight is 394 g/mol. The zero-order valence-electron chi connectivity index (χ0n) is 16.7. The van der Waals surface area contributed by atoms with Crippen molar-refractivity contribution in [1.29, 1.82) is 0 Å². The molecule has 0 radical (unpaired) electrons. The number of aryl methyl sites for hydroxylation is 2. The molecule has 7 nitrogen and oxygen atoms in total. The lowest BCUT2D eigenvalue weighted by Gasteiger charge is -2.28. The van der Waals surface area contributed by atoms with Crippen molar-refractivity contribution in [2.75, 3.05) is 19.1 Å². The predicted molar refractivity (Wildman–Crippen MR) is 109 cm³/mol. The topological polar surface area (TPSA) is 84.9 Å². The van der Waals surface area contributed by atoms with E-state index in [1.165, 1.54) is 20.3 Å². The second-order valence-corrected chi connectivity index (χ2v) is 6.50. The molecule has 0 saturated carbocycles. The van der Waals surface area contributed by atoms with E-state index in [4.69, 9.17) is 9.47 Å². The van der Waals surface area contributed by atoms with E-state index in [0.717, 1.165) is 16.0 Å². The summed E-state index contributed by atoms with van der Waals surface area (Å²) in [6.45, 7) is 3.76. The van der Waals surface area contributed by atoms with Crippen LogP contribution in [0.4, 0.5) is 10.5 Å². The number of hydrogen-bond acceptors (Lipinski definition) is 5. The maximum Gasteiger partial charge on any atom is 0.335 e. The van der Waals surface area contributed by atoms with Crippen molar-refractivity contribution in [2.24, 2.45) is 0 Å². The first-order chi connectivity index (χ1) is 13.9. The molecule has 1 N–H and O–H groups in total. The summed E-state index contributed by atoms with van der Waals surface area (Å²) in [7, 11) is 3.03. The van der Waals surface area contributed by atoms with Crippen molar-refractivity contribution in [3.8, 4) is 11.5 Å². The molecule has 2 aromatic rings. The maximum atomic E-state index is 13.1. The minimum absolute atomic E-state index is 0.133. The summed E-state index contributed by atoms with van der Waals surface area (Å²) in [4.78, 5) is 39.0. The number of amides is 4. The van der Waals surface area contributed by atoms with Crippen LogP contribution >= 0.6 is 0 Å². The number of nitrogens with one attached hydrogen (secondary N) is 1. The van der Waals surface area contributed by atoms with Gasteiger partial charge in [0.2, 0.25) is 0 Å². The van der Waals surface area contributed by atoms with Gasteiger partial charge in [-0.05, 0) is 54.3 Å². The molecule has 4 amide bonds. The predicted octanol–water partition coefficient (Wildman–Crippen LogP) is 3.24. The van der Waals surface area contributed by atoms with E-state index in [2.05, 4.69) is 5.32 Å². The van der Waals surface area contributed by atoms with Gasteiger partial charge in [0.1, 0.15) is 5.57 Å². The van der Waals surface area contributed by atoms with Gasteiger partial charge in [0.15, 0.2) is 11.5 Å². The molecule has 3 rings (SSSR count). The SMILES string of the molecule is CCc1ccccc1N1C(=O)NC(=O)/C(=C\c2cc(OC)c(OC)cc2C)C1=O. The molecule has 1 heterocycles. The third-order valence-electron chi connectivity index (χ3n) is 4.79. The summed E-state index contributed by atoms with van der Waals surface area (Å²) >= 11 is 0. The van der Waals surface area contributed by atoms with Crippen LogP contribution in [0.25, 0.3) is 6.08 Å². The molecule has 0 bridgehead atoms. The molecule has 29 heavy (non-hydrogen) atoms. The van der Waals surface area contributed by atoms with Crippen LogP contribution in [-0.4, -0.2) is 32.1 Å². The Morgan fingerprint density at radius 3 is 2.34 bits per heavy atom. The summed E-state index contributed by atoms with van der Waals surface area (Å²) in [5, 5.41) is 2.25. The molecule has 1 aliphatic heterocycles. The number of urea groups is 1. The molecule has 0 spiro atoms. The summed E-state index contributed by atoms with van der Waals surface area (Å²) < 4.78 is 10.6. The van der Waals surface area contributed by atoms with E-state index < -0.39 is 17.8 Å². The lowest BCUT2D eigenvalue weighted by Crippen LogP contribution is -2.54. The highest BCUT2D eigenvalue weighted by atomic mass is 16.5. The third-order valence-corrected chi connectivity index (χ3v) is 4.79. The number of carbonyl (C=O) groups is 3. The number of carbonyl (C=O) groups excluding carboxylic acids is 3. The standard InChI is InChI=1S/C22H22N2O5/c1-5-14-8-6-7-9-17(14)24-21(26)16(20(25)23-22(24)27)11-15-12-19(29-4)18(28-3)10-13(15)2/h6-12H,5H2,1-4H3,(H,23,25,27)/b16-11+. The molecule has 0 unspecified atom stereocenters. The first-order valence-electron chi connectivity index (χ1n) is 9.13. The van der Waals surface area contributed by atoms with Crippen molar-refractivity contribution in [2.45, 2.75) is 20.3 Å². The van der Waals surface area contributed by atoms with Gasteiger partial charge in [-0.3, -0.25) is 14.9 Å². The van der Waals surface area contributed by atoms with Crippen LogP contribution in [-0.2, 0) is 16.0 Å². The van der Waals surface area contributed by atoms with Crippen molar-refractivity contribution in [1.82, 2.24) is 5.32 Å². The molecule has 0 atom stereocenters. The van der Waals surface area contributed by atoms with Gasteiger partial charge in [-0.2, -0.15) is 0 Å².